The number of fused-ring (bicyclic) bond motifs is 1. The first-order chi connectivity index (χ1) is 11.5. The number of nitrogens with two attached hydrogens (primary N) is 1. The molecule has 6 heteroatoms. The highest BCUT2D eigenvalue weighted by Crippen LogP contribution is 2.29. The van der Waals surface area contributed by atoms with Crippen molar-refractivity contribution in [3.8, 4) is 0 Å². The molecule has 1 atom stereocenters. The molecule has 2 N–H and O–H groups in total. The lowest BCUT2D eigenvalue weighted by molar-refractivity contribution is 0.244. The van der Waals surface area contributed by atoms with Gasteiger partial charge in [-0.25, -0.2) is 8.42 Å². The third-order valence-electron chi connectivity index (χ3n) is 4.80. The van der Waals surface area contributed by atoms with Gasteiger partial charge >= 0.3 is 0 Å². The average Bonchev–Trinajstić information content (AvgIpc) is 2.61. The van der Waals surface area contributed by atoms with E-state index in [1.54, 1.807) is 34.9 Å². The SMILES string of the molecule is C=CCC(N)C1CCN(S(=O)(=O)c2cccc3cnccc23)CC1. The molecular formula is C18H23N3O2S. The number of rotatable bonds is 5. The fourth-order valence-corrected chi connectivity index (χ4v) is 5.07. The van der Waals surface area contributed by atoms with Crippen molar-refractivity contribution in [3.05, 3.63) is 49.3 Å². The van der Waals surface area contributed by atoms with Crippen molar-refractivity contribution in [3.63, 3.8) is 0 Å². The summed E-state index contributed by atoms with van der Waals surface area (Å²) in [7, 11) is -3.51. The van der Waals surface area contributed by atoms with E-state index in [2.05, 4.69) is 11.6 Å². The number of hydrogen-bond donors (Lipinski definition) is 1. The zero-order valence-electron chi connectivity index (χ0n) is 13.6. The predicted octanol–water partition coefficient (Wildman–Crippen LogP) is 2.54. The standard InChI is InChI=1S/C18H23N3O2S/c1-2-4-17(19)14-8-11-21(12-9-14)24(22,23)18-6-3-5-15-13-20-10-7-16(15)18/h2-3,5-7,10,13-14,17H,1,4,8-9,11-12,19H2. The summed E-state index contributed by atoms with van der Waals surface area (Å²) in [5.41, 5.74) is 6.15. The van der Waals surface area contributed by atoms with E-state index in [9.17, 15) is 8.42 Å². The van der Waals surface area contributed by atoms with Crippen molar-refractivity contribution in [1.82, 2.24) is 9.29 Å². The molecule has 1 unspecified atom stereocenters. The topological polar surface area (TPSA) is 76.3 Å². The number of pyridine rings is 1. The molecule has 2 aromatic rings. The predicted molar refractivity (Wildman–Crippen MR) is 96.0 cm³/mol. The summed E-state index contributed by atoms with van der Waals surface area (Å²) < 4.78 is 27.7. The number of piperidine rings is 1. The second-order valence-corrected chi connectivity index (χ2v) is 8.19. The first-order valence-electron chi connectivity index (χ1n) is 8.23. The fraction of sp³-hybridized carbons (Fsp3) is 0.389. The Bertz CT molecular complexity index is 822. The van der Waals surface area contributed by atoms with Gasteiger partial charge in [0.1, 0.15) is 0 Å². The van der Waals surface area contributed by atoms with E-state index in [0.717, 1.165) is 30.0 Å². The van der Waals surface area contributed by atoms with Crippen LogP contribution >= 0.6 is 0 Å². The Morgan fingerprint density at radius 1 is 1.33 bits per heavy atom. The molecule has 1 aliphatic heterocycles. The van der Waals surface area contributed by atoms with Crippen LogP contribution in [-0.2, 0) is 10.0 Å². The van der Waals surface area contributed by atoms with E-state index in [1.165, 1.54) is 0 Å². The van der Waals surface area contributed by atoms with Crippen molar-refractivity contribution < 1.29 is 8.42 Å². The first-order valence-corrected chi connectivity index (χ1v) is 9.67. The molecule has 1 saturated heterocycles. The van der Waals surface area contributed by atoms with Gasteiger partial charge in [-0.2, -0.15) is 4.31 Å². The summed E-state index contributed by atoms with van der Waals surface area (Å²) in [5.74, 6) is 0.353. The minimum absolute atomic E-state index is 0.0657. The van der Waals surface area contributed by atoms with Gasteiger partial charge < -0.3 is 5.73 Å². The summed E-state index contributed by atoms with van der Waals surface area (Å²) in [6, 6.07) is 7.14. The molecule has 5 nitrogen and oxygen atoms in total. The second-order valence-electron chi connectivity index (χ2n) is 6.28. The van der Waals surface area contributed by atoms with Gasteiger partial charge in [-0.15, -0.1) is 6.58 Å². The van der Waals surface area contributed by atoms with E-state index in [1.807, 2.05) is 12.1 Å². The van der Waals surface area contributed by atoms with E-state index >= 15 is 0 Å². The van der Waals surface area contributed by atoms with Crippen LogP contribution in [0, 0.1) is 5.92 Å². The number of aromatic nitrogens is 1. The molecule has 0 bridgehead atoms. The Labute approximate surface area is 143 Å². The van der Waals surface area contributed by atoms with Gasteiger partial charge in [-0.05, 0) is 37.3 Å². The van der Waals surface area contributed by atoms with Crippen LogP contribution in [0.5, 0.6) is 0 Å². The molecule has 2 heterocycles. The van der Waals surface area contributed by atoms with Crippen molar-refractivity contribution in [2.45, 2.75) is 30.2 Å². The Kier molecular flexibility index (Phi) is 4.99. The zero-order valence-corrected chi connectivity index (χ0v) is 14.5. The molecule has 128 valence electrons. The molecule has 24 heavy (non-hydrogen) atoms. The van der Waals surface area contributed by atoms with E-state index in [4.69, 9.17) is 5.73 Å². The summed E-state index contributed by atoms with van der Waals surface area (Å²) >= 11 is 0. The number of nitrogens with zero attached hydrogens (tertiary/aromatic N) is 2. The van der Waals surface area contributed by atoms with Crippen molar-refractivity contribution >= 4 is 20.8 Å². The van der Waals surface area contributed by atoms with Crippen LogP contribution < -0.4 is 5.73 Å². The van der Waals surface area contributed by atoms with Gasteiger partial charge in [-0.1, -0.05) is 18.2 Å². The quantitative estimate of drug-likeness (QED) is 0.845. The van der Waals surface area contributed by atoms with Crippen LogP contribution in [0.4, 0.5) is 0 Å². The first kappa shape index (κ1) is 17.1. The zero-order chi connectivity index (χ0) is 17.2. The summed E-state index contributed by atoms with van der Waals surface area (Å²) in [6.45, 7) is 4.75. The van der Waals surface area contributed by atoms with Crippen molar-refractivity contribution in [2.75, 3.05) is 13.1 Å². The lowest BCUT2D eigenvalue weighted by Crippen LogP contribution is -2.43. The molecule has 0 amide bonds. The summed E-state index contributed by atoms with van der Waals surface area (Å²) in [5, 5.41) is 1.56. The normalized spacial score (nSPS) is 18.5. The maximum atomic E-state index is 13.1. The highest BCUT2D eigenvalue weighted by Gasteiger charge is 2.32. The molecule has 1 aromatic carbocycles. The van der Waals surface area contributed by atoms with Crippen LogP contribution in [0.25, 0.3) is 10.8 Å². The van der Waals surface area contributed by atoms with E-state index in [-0.39, 0.29) is 6.04 Å². The molecule has 1 aliphatic rings. The summed E-state index contributed by atoms with van der Waals surface area (Å²) in [6.07, 6.45) is 7.50. The molecular weight excluding hydrogens is 322 g/mol. The lowest BCUT2D eigenvalue weighted by Gasteiger charge is -2.34. The third-order valence-corrected chi connectivity index (χ3v) is 6.76. The smallest absolute Gasteiger partial charge is 0.243 e. The largest absolute Gasteiger partial charge is 0.327 e. The molecule has 3 rings (SSSR count). The lowest BCUT2D eigenvalue weighted by atomic mass is 9.89. The second kappa shape index (κ2) is 7.01. The molecule has 0 spiro atoms. The van der Waals surface area contributed by atoms with E-state index in [0.29, 0.717) is 23.9 Å². The van der Waals surface area contributed by atoms with Crippen molar-refractivity contribution in [2.24, 2.45) is 11.7 Å². The number of benzene rings is 1. The number of hydrogen-bond acceptors (Lipinski definition) is 4. The molecule has 0 radical (unpaired) electrons. The molecule has 1 fully saturated rings. The van der Waals surface area contributed by atoms with Crippen molar-refractivity contribution in [1.29, 1.82) is 0 Å². The van der Waals surface area contributed by atoms with Crippen LogP contribution in [0.2, 0.25) is 0 Å². The monoisotopic (exact) mass is 345 g/mol. The third kappa shape index (κ3) is 3.22. The Balaban J connectivity index is 1.83. The van der Waals surface area contributed by atoms with E-state index < -0.39 is 10.0 Å². The van der Waals surface area contributed by atoms with Gasteiger partial charge in [0.2, 0.25) is 10.0 Å². The minimum Gasteiger partial charge on any atom is -0.327 e. The molecule has 0 saturated carbocycles. The van der Waals surface area contributed by atoms with Gasteiger partial charge in [0, 0.05) is 42.3 Å². The Morgan fingerprint density at radius 3 is 2.79 bits per heavy atom. The van der Waals surface area contributed by atoms with Crippen LogP contribution in [0.1, 0.15) is 19.3 Å². The maximum absolute atomic E-state index is 13.1. The average molecular weight is 345 g/mol. The van der Waals surface area contributed by atoms with Gasteiger partial charge in [0.25, 0.3) is 0 Å². The van der Waals surface area contributed by atoms with Crippen LogP contribution in [-0.4, -0.2) is 36.8 Å². The van der Waals surface area contributed by atoms with Crippen LogP contribution in [0.3, 0.4) is 0 Å². The molecule has 1 aromatic heterocycles. The highest BCUT2D eigenvalue weighted by atomic mass is 32.2. The number of sulfonamides is 1. The van der Waals surface area contributed by atoms with Crippen LogP contribution in [0.15, 0.2) is 54.2 Å². The van der Waals surface area contributed by atoms with Gasteiger partial charge in [0.15, 0.2) is 0 Å². The van der Waals surface area contributed by atoms with Gasteiger partial charge in [0.05, 0.1) is 4.90 Å². The Hall–Kier alpha value is -1.76. The van der Waals surface area contributed by atoms with Gasteiger partial charge in [-0.3, -0.25) is 4.98 Å². The maximum Gasteiger partial charge on any atom is 0.243 e. The fourth-order valence-electron chi connectivity index (χ4n) is 3.39. The molecule has 0 aliphatic carbocycles. The summed E-state index contributed by atoms with van der Waals surface area (Å²) in [4.78, 5) is 4.42. The highest BCUT2D eigenvalue weighted by molar-refractivity contribution is 7.89. The minimum atomic E-state index is -3.51. The Morgan fingerprint density at radius 2 is 2.08 bits per heavy atom.